The van der Waals surface area contributed by atoms with Crippen LogP contribution in [0.15, 0.2) is 24.3 Å². The number of nitrogens with one attached hydrogen (secondary N) is 2. The molecule has 1 amide bonds. The predicted molar refractivity (Wildman–Crippen MR) is 70.0 cm³/mol. The number of carbonyl (C=O) groups excluding carboxylic acids is 1. The first kappa shape index (κ1) is 12.0. The van der Waals surface area contributed by atoms with E-state index in [1.165, 1.54) is 18.4 Å². The van der Waals surface area contributed by atoms with Crippen LogP contribution in [0.1, 0.15) is 25.3 Å². The summed E-state index contributed by atoms with van der Waals surface area (Å²) in [7, 11) is 0. The summed E-state index contributed by atoms with van der Waals surface area (Å²) in [5, 5.41) is 6.09. The highest BCUT2D eigenvalue weighted by Crippen LogP contribution is 2.27. The zero-order valence-corrected chi connectivity index (χ0v) is 10.3. The Morgan fingerprint density at radius 2 is 2.24 bits per heavy atom. The SMILES string of the molecule is CCc1cccc(NCC(=O)NCC2CC2)c1. The highest BCUT2D eigenvalue weighted by atomic mass is 16.1. The number of hydrogen-bond acceptors (Lipinski definition) is 2. The van der Waals surface area contributed by atoms with Gasteiger partial charge in [0.25, 0.3) is 0 Å². The third-order valence-electron chi connectivity index (χ3n) is 3.07. The summed E-state index contributed by atoms with van der Waals surface area (Å²) in [5.74, 6) is 0.821. The second kappa shape index (κ2) is 5.71. The smallest absolute Gasteiger partial charge is 0.239 e. The van der Waals surface area contributed by atoms with E-state index in [1.54, 1.807) is 0 Å². The highest BCUT2D eigenvalue weighted by Gasteiger charge is 2.21. The number of anilines is 1. The normalized spacial score (nSPS) is 14.4. The van der Waals surface area contributed by atoms with E-state index < -0.39 is 0 Å². The molecule has 0 aromatic heterocycles. The van der Waals surface area contributed by atoms with E-state index in [1.807, 2.05) is 12.1 Å². The molecule has 0 bridgehead atoms. The Hall–Kier alpha value is -1.51. The van der Waals surface area contributed by atoms with Crippen molar-refractivity contribution in [1.29, 1.82) is 0 Å². The van der Waals surface area contributed by atoms with Gasteiger partial charge in [0.05, 0.1) is 6.54 Å². The minimum atomic E-state index is 0.0822. The molecular weight excluding hydrogens is 212 g/mol. The Morgan fingerprint density at radius 3 is 2.94 bits per heavy atom. The summed E-state index contributed by atoms with van der Waals surface area (Å²) in [6.07, 6.45) is 3.56. The van der Waals surface area contributed by atoms with Crippen molar-refractivity contribution in [3.05, 3.63) is 29.8 Å². The molecule has 0 radical (unpaired) electrons. The molecule has 92 valence electrons. The Bertz CT molecular complexity index is 386. The zero-order valence-electron chi connectivity index (χ0n) is 10.3. The van der Waals surface area contributed by atoms with Crippen molar-refractivity contribution in [3.8, 4) is 0 Å². The summed E-state index contributed by atoms with van der Waals surface area (Å²) >= 11 is 0. The minimum absolute atomic E-state index is 0.0822. The van der Waals surface area contributed by atoms with Crippen LogP contribution < -0.4 is 10.6 Å². The molecule has 3 heteroatoms. The largest absolute Gasteiger partial charge is 0.376 e. The van der Waals surface area contributed by atoms with Gasteiger partial charge in [-0.15, -0.1) is 0 Å². The van der Waals surface area contributed by atoms with Gasteiger partial charge in [-0.3, -0.25) is 4.79 Å². The summed E-state index contributed by atoms with van der Waals surface area (Å²) in [6, 6.07) is 8.20. The molecular formula is C14H20N2O. The van der Waals surface area contributed by atoms with E-state index in [0.717, 1.165) is 24.6 Å². The van der Waals surface area contributed by atoms with Crippen molar-refractivity contribution in [3.63, 3.8) is 0 Å². The van der Waals surface area contributed by atoms with Gasteiger partial charge in [0.2, 0.25) is 5.91 Å². The number of rotatable bonds is 6. The zero-order chi connectivity index (χ0) is 12.1. The molecule has 0 spiro atoms. The van der Waals surface area contributed by atoms with Gasteiger partial charge in [0, 0.05) is 12.2 Å². The average Bonchev–Trinajstić information content (AvgIpc) is 3.18. The van der Waals surface area contributed by atoms with Crippen LogP contribution in [-0.2, 0) is 11.2 Å². The van der Waals surface area contributed by atoms with Crippen molar-refractivity contribution >= 4 is 11.6 Å². The first-order valence-corrected chi connectivity index (χ1v) is 6.37. The summed E-state index contributed by atoms with van der Waals surface area (Å²) in [5.41, 5.74) is 2.30. The van der Waals surface area contributed by atoms with Crippen LogP contribution in [0.5, 0.6) is 0 Å². The lowest BCUT2D eigenvalue weighted by Crippen LogP contribution is -2.31. The molecule has 3 nitrogen and oxygen atoms in total. The third-order valence-corrected chi connectivity index (χ3v) is 3.07. The standard InChI is InChI=1S/C14H20N2O/c1-2-11-4-3-5-13(8-11)15-10-14(17)16-9-12-6-7-12/h3-5,8,12,15H,2,6-7,9-10H2,1H3,(H,16,17). The van der Waals surface area contributed by atoms with E-state index >= 15 is 0 Å². The molecule has 1 fully saturated rings. The molecule has 2 N–H and O–H groups in total. The first-order chi connectivity index (χ1) is 8.28. The van der Waals surface area contributed by atoms with E-state index in [-0.39, 0.29) is 5.91 Å². The molecule has 0 aliphatic heterocycles. The molecule has 0 saturated heterocycles. The average molecular weight is 232 g/mol. The van der Waals surface area contributed by atoms with Crippen LogP contribution in [0.2, 0.25) is 0 Å². The number of hydrogen-bond donors (Lipinski definition) is 2. The molecule has 17 heavy (non-hydrogen) atoms. The van der Waals surface area contributed by atoms with Gasteiger partial charge < -0.3 is 10.6 Å². The fraction of sp³-hybridized carbons (Fsp3) is 0.500. The maximum absolute atomic E-state index is 11.5. The lowest BCUT2D eigenvalue weighted by atomic mass is 10.1. The van der Waals surface area contributed by atoms with Crippen LogP contribution in [-0.4, -0.2) is 19.0 Å². The fourth-order valence-electron chi connectivity index (χ4n) is 1.73. The Kier molecular flexibility index (Phi) is 4.02. The topological polar surface area (TPSA) is 41.1 Å². The summed E-state index contributed by atoms with van der Waals surface area (Å²) in [6.45, 7) is 3.33. The quantitative estimate of drug-likeness (QED) is 0.789. The van der Waals surface area contributed by atoms with Crippen LogP contribution >= 0.6 is 0 Å². The molecule has 1 aromatic carbocycles. The summed E-state index contributed by atoms with van der Waals surface area (Å²) < 4.78 is 0. The van der Waals surface area contributed by atoms with Gasteiger partial charge in [-0.2, -0.15) is 0 Å². The van der Waals surface area contributed by atoms with Gasteiger partial charge in [-0.1, -0.05) is 19.1 Å². The van der Waals surface area contributed by atoms with Crippen molar-refractivity contribution in [1.82, 2.24) is 5.32 Å². The molecule has 0 unspecified atom stereocenters. The molecule has 1 aliphatic carbocycles. The molecule has 1 aromatic rings. The van der Waals surface area contributed by atoms with E-state index in [9.17, 15) is 4.79 Å². The summed E-state index contributed by atoms with van der Waals surface area (Å²) in [4.78, 5) is 11.5. The molecule has 1 saturated carbocycles. The Morgan fingerprint density at radius 1 is 1.41 bits per heavy atom. The molecule has 0 heterocycles. The van der Waals surface area contributed by atoms with E-state index in [4.69, 9.17) is 0 Å². The first-order valence-electron chi connectivity index (χ1n) is 6.37. The van der Waals surface area contributed by atoms with E-state index in [0.29, 0.717) is 6.54 Å². The van der Waals surface area contributed by atoms with Crippen molar-refractivity contribution in [2.45, 2.75) is 26.2 Å². The van der Waals surface area contributed by atoms with Gasteiger partial charge >= 0.3 is 0 Å². The molecule has 2 rings (SSSR count). The Labute approximate surface area is 103 Å². The lowest BCUT2D eigenvalue weighted by Gasteiger charge is -2.08. The highest BCUT2D eigenvalue weighted by molar-refractivity contribution is 5.80. The van der Waals surface area contributed by atoms with Gasteiger partial charge in [0.1, 0.15) is 0 Å². The van der Waals surface area contributed by atoms with Crippen LogP contribution in [0.25, 0.3) is 0 Å². The van der Waals surface area contributed by atoms with Gasteiger partial charge in [-0.25, -0.2) is 0 Å². The van der Waals surface area contributed by atoms with E-state index in [2.05, 4.69) is 29.7 Å². The molecule has 0 atom stereocenters. The predicted octanol–water partition coefficient (Wildman–Crippen LogP) is 2.19. The van der Waals surface area contributed by atoms with Crippen molar-refractivity contribution in [2.75, 3.05) is 18.4 Å². The van der Waals surface area contributed by atoms with Crippen LogP contribution in [0.4, 0.5) is 5.69 Å². The van der Waals surface area contributed by atoms with Crippen molar-refractivity contribution < 1.29 is 4.79 Å². The molecule has 1 aliphatic rings. The van der Waals surface area contributed by atoms with Gasteiger partial charge in [-0.05, 0) is 42.9 Å². The maximum atomic E-state index is 11.5. The minimum Gasteiger partial charge on any atom is -0.376 e. The lowest BCUT2D eigenvalue weighted by molar-refractivity contribution is -0.119. The number of benzene rings is 1. The van der Waals surface area contributed by atoms with Crippen LogP contribution in [0.3, 0.4) is 0 Å². The monoisotopic (exact) mass is 232 g/mol. The van der Waals surface area contributed by atoms with Crippen LogP contribution in [0, 0.1) is 5.92 Å². The number of amides is 1. The van der Waals surface area contributed by atoms with Crippen molar-refractivity contribution in [2.24, 2.45) is 5.92 Å². The second-order valence-corrected chi connectivity index (χ2v) is 4.65. The second-order valence-electron chi connectivity index (χ2n) is 4.65. The third kappa shape index (κ3) is 4.10. The Balaban J connectivity index is 1.73. The number of carbonyl (C=O) groups is 1. The number of aryl methyl sites for hydroxylation is 1. The van der Waals surface area contributed by atoms with Gasteiger partial charge in [0.15, 0.2) is 0 Å². The fourth-order valence-corrected chi connectivity index (χ4v) is 1.73. The maximum Gasteiger partial charge on any atom is 0.239 e.